The third-order valence-corrected chi connectivity index (χ3v) is 1.67. The monoisotopic (exact) mass is 172 g/mol. The van der Waals surface area contributed by atoms with Crippen molar-refractivity contribution in [2.75, 3.05) is 0 Å². The lowest BCUT2D eigenvalue weighted by molar-refractivity contribution is 0.561. The van der Waals surface area contributed by atoms with Gasteiger partial charge in [0.15, 0.2) is 0 Å². The van der Waals surface area contributed by atoms with Crippen molar-refractivity contribution in [3.8, 4) is 11.3 Å². The number of aromatic nitrogens is 3. The number of rotatable bonds is 2. The summed E-state index contributed by atoms with van der Waals surface area (Å²) in [6.07, 6.45) is 5.07. The molecule has 0 atom stereocenters. The maximum Gasteiger partial charge on any atom is 0.255 e. The fraction of sp³-hybridized carbons (Fsp3) is 0. The van der Waals surface area contributed by atoms with E-state index in [-0.39, 0.29) is 5.69 Å². The minimum atomic E-state index is 0.284. The molecule has 0 aliphatic heterocycles. The number of hydrogen-bond acceptors (Lipinski definition) is 3. The van der Waals surface area contributed by atoms with Crippen LogP contribution in [-0.4, -0.2) is 21.5 Å². The van der Waals surface area contributed by atoms with Gasteiger partial charge in [0.1, 0.15) is 5.69 Å². The second-order valence-corrected chi connectivity index (χ2v) is 2.50. The molecule has 1 N–H and O–H groups in total. The standard InChI is InChI=1S/C9H6N3O/c13-6-8-5-9(12-11-8)7-1-3-10-4-2-7/h1-5H,(H,11,12). The van der Waals surface area contributed by atoms with E-state index in [9.17, 15) is 4.79 Å². The summed E-state index contributed by atoms with van der Waals surface area (Å²) < 4.78 is 0. The van der Waals surface area contributed by atoms with Crippen LogP contribution in [0.1, 0.15) is 5.69 Å². The van der Waals surface area contributed by atoms with Crippen molar-refractivity contribution in [1.82, 2.24) is 15.2 Å². The number of hydrogen-bond donors (Lipinski definition) is 1. The Labute approximate surface area is 74.6 Å². The fourth-order valence-electron chi connectivity index (χ4n) is 1.05. The van der Waals surface area contributed by atoms with Gasteiger partial charge in [-0.05, 0) is 18.2 Å². The Bertz CT molecular complexity index is 408. The highest BCUT2D eigenvalue weighted by molar-refractivity contribution is 5.75. The Hall–Kier alpha value is -1.97. The van der Waals surface area contributed by atoms with Crippen LogP contribution in [0, 0.1) is 0 Å². The molecule has 0 spiro atoms. The maximum atomic E-state index is 10.2. The summed E-state index contributed by atoms with van der Waals surface area (Å²) >= 11 is 0. The first kappa shape index (κ1) is 7.67. The molecular formula is C9H6N3O. The molecule has 4 nitrogen and oxygen atoms in total. The van der Waals surface area contributed by atoms with Crippen molar-refractivity contribution in [2.24, 2.45) is 0 Å². The molecule has 0 fully saturated rings. The van der Waals surface area contributed by atoms with Crippen LogP contribution in [0.15, 0.2) is 30.6 Å². The summed E-state index contributed by atoms with van der Waals surface area (Å²) in [5, 5.41) is 6.47. The van der Waals surface area contributed by atoms with Crippen LogP contribution in [0.3, 0.4) is 0 Å². The van der Waals surface area contributed by atoms with Gasteiger partial charge in [-0.25, -0.2) is 0 Å². The first-order valence-corrected chi connectivity index (χ1v) is 3.74. The molecule has 2 aromatic heterocycles. The van der Waals surface area contributed by atoms with Crippen molar-refractivity contribution >= 4 is 6.29 Å². The minimum absolute atomic E-state index is 0.284. The lowest BCUT2D eigenvalue weighted by Gasteiger charge is -1.92. The molecule has 1 radical (unpaired) electrons. The molecule has 0 bridgehead atoms. The van der Waals surface area contributed by atoms with Crippen LogP contribution in [0.5, 0.6) is 0 Å². The predicted molar refractivity (Wildman–Crippen MR) is 46.6 cm³/mol. The highest BCUT2D eigenvalue weighted by Gasteiger charge is 2.01. The molecule has 0 saturated heterocycles. The van der Waals surface area contributed by atoms with Gasteiger partial charge in [0.25, 0.3) is 6.29 Å². The van der Waals surface area contributed by atoms with Crippen LogP contribution < -0.4 is 0 Å². The van der Waals surface area contributed by atoms with E-state index in [1.54, 1.807) is 24.7 Å². The number of aromatic amines is 1. The van der Waals surface area contributed by atoms with Crippen molar-refractivity contribution < 1.29 is 4.79 Å². The molecule has 0 aromatic carbocycles. The summed E-state index contributed by atoms with van der Waals surface area (Å²) in [6, 6.07) is 5.31. The minimum Gasteiger partial charge on any atom is -0.283 e. The lowest BCUT2D eigenvalue weighted by Crippen LogP contribution is -1.77. The highest BCUT2D eigenvalue weighted by atomic mass is 16.1. The largest absolute Gasteiger partial charge is 0.283 e. The van der Waals surface area contributed by atoms with Crippen molar-refractivity contribution in [3.05, 3.63) is 36.3 Å². The van der Waals surface area contributed by atoms with Crippen LogP contribution >= 0.6 is 0 Å². The number of carbonyl (C=O) groups excluding carboxylic acids is 1. The Balaban J connectivity index is 2.41. The molecule has 2 heterocycles. The topological polar surface area (TPSA) is 58.6 Å². The molecule has 2 rings (SSSR count). The molecule has 4 heteroatoms. The highest BCUT2D eigenvalue weighted by Crippen LogP contribution is 2.14. The Morgan fingerprint density at radius 3 is 2.69 bits per heavy atom. The first-order valence-electron chi connectivity index (χ1n) is 3.74. The van der Waals surface area contributed by atoms with E-state index in [1.165, 1.54) is 0 Å². The zero-order chi connectivity index (χ0) is 9.10. The quantitative estimate of drug-likeness (QED) is 0.733. The third-order valence-electron chi connectivity index (χ3n) is 1.67. The van der Waals surface area contributed by atoms with Crippen LogP contribution in [0.4, 0.5) is 0 Å². The van der Waals surface area contributed by atoms with Gasteiger partial charge >= 0.3 is 0 Å². The lowest BCUT2D eigenvalue weighted by atomic mass is 10.2. The maximum absolute atomic E-state index is 10.2. The van der Waals surface area contributed by atoms with Gasteiger partial charge in [0.2, 0.25) is 0 Å². The number of pyridine rings is 1. The second kappa shape index (κ2) is 3.18. The van der Waals surface area contributed by atoms with Crippen molar-refractivity contribution in [2.45, 2.75) is 0 Å². The summed E-state index contributed by atoms with van der Waals surface area (Å²) in [5.74, 6) is 0. The normalized spacial score (nSPS) is 9.85. The first-order chi connectivity index (χ1) is 6.40. The zero-order valence-corrected chi connectivity index (χ0v) is 6.69. The SMILES string of the molecule is O=[C]c1cc(-c2ccncc2)[nH]n1. The van der Waals surface area contributed by atoms with Gasteiger partial charge in [-0.15, -0.1) is 0 Å². The zero-order valence-electron chi connectivity index (χ0n) is 6.69. The van der Waals surface area contributed by atoms with E-state index in [0.29, 0.717) is 0 Å². The second-order valence-electron chi connectivity index (χ2n) is 2.50. The van der Waals surface area contributed by atoms with Crippen LogP contribution in [0.25, 0.3) is 11.3 Å². The molecular weight excluding hydrogens is 166 g/mol. The van der Waals surface area contributed by atoms with E-state index in [4.69, 9.17) is 0 Å². The Morgan fingerprint density at radius 1 is 1.31 bits per heavy atom. The van der Waals surface area contributed by atoms with Gasteiger partial charge < -0.3 is 0 Å². The van der Waals surface area contributed by atoms with Gasteiger partial charge in [-0.1, -0.05) is 0 Å². The molecule has 0 aliphatic carbocycles. The van der Waals surface area contributed by atoms with Crippen LogP contribution in [-0.2, 0) is 4.79 Å². The van der Waals surface area contributed by atoms with E-state index in [1.807, 2.05) is 12.1 Å². The third kappa shape index (κ3) is 1.46. The predicted octanol–water partition coefficient (Wildman–Crippen LogP) is 0.929. The Morgan fingerprint density at radius 2 is 2.08 bits per heavy atom. The van der Waals surface area contributed by atoms with Crippen molar-refractivity contribution in [3.63, 3.8) is 0 Å². The fourth-order valence-corrected chi connectivity index (χ4v) is 1.05. The molecule has 13 heavy (non-hydrogen) atoms. The number of nitrogens with zero attached hydrogens (tertiary/aromatic N) is 2. The Kier molecular flexibility index (Phi) is 1.88. The molecule has 0 unspecified atom stereocenters. The van der Waals surface area contributed by atoms with E-state index < -0.39 is 0 Å². The molecule has 2 aromatic rings. The molecule has 0 amide bonds. The van der Waals surface area contributed by atoms with Crippen molar-refractivity contribution in [1.29, 1.82) is 0 Å². The average Bonchev–Trinajstić information content (AvgIpc) is 2.67. The smallest absolute Gasteiger partial charge is 0.255 e. The number of H-pyrrole nitrogens is 1. The summed E-state index contributed by atoms with van der Waals surface area (Å²) in [4.78, 5) is 14.1. The van der Waals surface area contributed by atoms with Crippen LogP contribution in [0.2, 0.25) is 0 Å². The van der Waals surface area contributed by atoms with Gasteiger partial charge in [-0.3, -0.25) is 14.9 Å². The molecule has 0 saturated carbocycles. The molecule has 0 aliphatic rings. The van der Waals surface area contributed by atoms with E-state index >= 15 is 0 Å². The summed E-state index contributed by atoms with van der Waals surface area (Å²) in [6.45, 7) is 0. The van der Waals surface area contributed by atoms with E-state index in [0.717, 1.165) is 11.3 Å². The summed E-state index contributed by atoms with van der Waals surface area (Å²) in [5.41, 5.74) is 2.02. The molecule has 63 valence electrons. The summed E-state index contributed by atoms with van der Waals surface area (Å²) in [7, 11) is 0. The average molecular weight is 172 g/mol. The van der Waals surface area contributed by atoms with Gasteiger partial charge in [0.05, 0.1) is 5.69 Å². The number of nitrogens with one attached hydrogen (secondary N) is 1. The van der Waals surface area contributed by atoms with E-state index in [2.05, 4.69) is 15.2 Å². The van der Waals surface area contributed by atoms with Gasteiger partial charge in [0, 0.05) is 18.0 Å². The van der Waals surface area contributed by atoms with Gasteiger partial charge in [-0.2, -0.15) is 5.10 Å².